The van der Waals surface area contributed by atoms with E-state index in [4.69, 9.17) is 22.8 Å². The average molecular weight is 243 g/mol. The van der Waals surface area contributed by atoms with Gasteiger partial charge in [-0.2, -0.15) is 0 Å². The zero-order chi connectivity index (χ0) is 12.1. The van der Waals surface area contributed by atoms with Crippen LogP contribution in [0, 0.1) is 12.3 Å². The van der Waals surface area contributed by atoms with Crippen molar-refractivity contribution in [1.29, 1.82) is 0 Å². The van der Waals surface area contributed by atoms with Gasteiger partial charge in [0.2, 0.25) is 0 Å². The Morgan fingerprint density at radius 3 is 2.59 bits per heavy atom. The van der Waals surface area contributed by atoms with Gasteiger partial charge in [0.1, 0.15) is 12.4 Å². The second-order valence-electron chi connectivity index (χ2n) is 3.56. The molecule has 0 saturated heterocycles. The minimum Gasteiger partial charge on any atom is -0.488 e. The highest BCUT2D eigenvalue weighted by molar-refractivity contribution is 6.30. The van der Waals surface area contributed by atoms with E-state index >= 15 is 0 Å². The Labute approximate surface area is 106 Å². The van der Waals surface area contributed by atoms with Gasteiger partial charge in [-0.15, -0.1) is 6.42 Å². The van der Waals surface area contributed by atoms with Crippen LogP contribution in [-0.2, 0) is 6.61 Å². The first kappa shape index (κ1) is 11.6. The van der Waals surface area contributed by atoms with Gasteiger partial charge in [0.05, 0.1) is 5.56 Å². The van der Waals surface area contributed by atoms with Crippen LogP contribution >= 0.6 is 11.6 Å². The molecule has 2 aromatic rings. The molecule has 84 valence electrons. The van der Waals surface area contributed by atoms with Gasteiger partial charge < -0.3 is 4.74 Å². The third-order valence-corrected chi connectivity index (χ3v) is 2.57. The van der Waals surface area contributed by atoms with E-state index in [0.717, 1.165) is 5.56 Å². The summed E-state index contributed by atoms with van der Waals surface area (Å²) in [7, 11) is 0. The second-order valence-corrected chi connectivity index (χ2v) is 4.00. The van der Waals surface area contributed by atoms with E-state index in [1.807, 2.05) is 30.3 Å². The molecule has 0 spiro atoms. The third kappa shape index (κ3) is 3.03. The maximum Gasteiger partial charge on any atom is 0.136 e. The summed E-state index contributed by atoms with van der Waals surface area (Å²) in [5.41, 5.74) is 1.81. The normalized spacial score (nSPS) is 9.65. The molecule has 0 heterocycles. The number of benzene rings is 2. The number of rotatable bonds is 3. The molecule has 0 aromatic heterocycles. The van der Waals surface area contributed by atoms with Crippen LogP contribution in [0.25, 0.3) is 0 Å². The topological polar surface area (TPSA) is 9.23 Å². The van der Waals surface area contributed by atoms with Crippen molar-refractivity contribution in [3.63, 3.8) is 0 Å². The first-order valence-electron chi connectivity index (χ1n) is 5.22. The lowest BCUT2D eigenvalue weighted by Crippen LogP contribution is -1.96. The molecule has 0 unspecified atom stereocenters. The molecule has 0 radical (unpaired) electrons. The molecule has 0 fully saturated rings. The summed E-state index contributed by atoms with van der Waals surface area (Å²) in [6.45, 7) is 0.482. The van der Waals surface area contributed by atoms with Crippen molar-refractivity contribution in [1.82, 2.24) is 0 Å². The fraction of sp³-hybridized carbons (Fsp3) is 0.0667. The number of hydrogen-bond donors (Lipinski definition) is 0. The van der Waals surface area contributed by atoms with Crippen molar-refractivity contribution in [2.24, 2.45) is 0 Å². The molecule has 1 nitrogen and oxygen atoms in total. The molecule has 0 saturated carbocycles. The van der Waals surface area contributed by atoms with Crippen LogP contribution in [0.4, 0.5) is 0 Å². The van der Waals surface area contributed by atoms with Crippen LogP contribution < -0.4 is 4.74 Å². The summed E-state index contributed by atoms with van der Waals surface area (Å²) in [6.07, 6.45) is 5.40. The first-order valence-corrected chi connectivity index (χ1v) is 5.60. The van der Waals surface area contributed by atoms with Crippen LogP contribution in [0.1, 0.15) is 11.1 Å². The summed E-state index contributed by atoms with van der Waals surface area (Å²) in [6, 6.07) is 15.2. The van der Waals surface area contributed by atoms with E-state index in [1.165, 1.54) is 0 Å². The summed E-state index contributed by atoms with van der Waals surface area (Å²) in [5, 5.41) is 0.618. The van der Waals surface area contributed by atoms with Gasteiger partial charge in [-0.1, -0.05) is 47.9 Å². The molecule has 0 bridgehead atoms. The molecule has 0 aliphatic heterocycles. The van der Waals surface area contributed by atoms with Crippen molar-refractivity contribution in [3.05, 3.63) is 64.7 Å². The van der Waals surface area contributed by atoms with Crippen LogP contribution in [0.2, 0.25) is 5.02 Å². The predicted octanol–water partition coefficient (Wildman–Crippen LogP) is 3.90. The van der Waals surface area contributed by atoms with Crippen molar-refractivity contribution in [2.45, 2.75) is 6.61 Å². The average Bonchev–Trinajstić information content (AvgIpc) is 2.38. The Hall–Kier alpha value is -1.91. The van der Waals surface area contributed by atoms with Crippen LogP contribution in [0.5, 0.6) is 5.75 Å². The molecular formula is C15H11ClO. The number of halogens is 1. The van der Waals surface area contributed by atoms with E-state index < -0.39 is 0 Å². The lowest BCUT2D eigenvalue weighted by molar-refractivity contribution is 0.305. The summed E-state index contributed by atoms with van der Waals surface area (Å²) in [4.78, 5) is 0. The zero-order valence-electron chi connectivity index (χ0n) is 9.19. The van der Waals surface area contributed by atoms with Gasteiger partial charge in [0.25, 0.3) is 0 Å². The molecule has 0 aliphatic rings. The van der Waals surface area contributed by atoms with Gasteiger partial charge in [-0.05, 0) is 17.7 Å². The largest absolute Gasteiger partial charge is 0.488 e. The van der Waals surface area contributed by atoms with Crippen LogP contribution in [0.3, 0.4) is 0 Å². The van der Waals surface area contributed by atoms with Crippen molar-refractivity contribution < 1.29 is 4.74 Å². The Balaban J connectivity index is 2.14. The highest BCUT2D eigenvalue weighted by atomic mass is 35.5. The van der Waals surface area contributed by atoms with Crippen molar-refractivity contribution in [2.75, 3.05) is 0 Å². The van der Waals surface area contributed by atoms with E-state index in [1.54, 1.807) is 18.2 Å². The Morgan fingerprint density at radius 2 is 1.88 bits per heavy atom. The van der Waals surface area contributed by atoms with E-state index in [9.17, 15) is 0 Å². The monoisotopic (exact) mass is 242 g/mol. The van der Waals surface area contributed by atoms with Crippen molar-refractivity contribution in [3.8, 4) is 18.1 Å². The van der Waals surface area contributed by atoms with Gasteiger partial charge in [0.15, 0.2) is 0 Å². The molecule has 2 rings (SSSR count). The molecule has 0 N–H and O–H groups in total. The van der Waals surface area contributed by atoms with E-state index in [0.29, 0.717) is 22.9 Å². The first-order chi connectivity index (χ1) is 8.29. The Morgan fingerprint density at radius 1 is 1.12 bits per heavy atom. The maximum absolute atomic E-state index is 5.91. The lowest BCUT2D eigenvalue weighted by Gasteiger charge is -2.08. The smallest absolute Gasteiger partial charge is 0.136 e. The highest BCUT2D eigenvalue weighted by Crippen LogP contribution is 2.23. The second kappa shape index (κ2) is 5.43. The fourth-order valence-electron chi connectivity index (χ4n) is 1.47. The molecule has 0 aliphatic carbocycles. The molecule has 17 heavy (non-hydrogen) atoms. The van der Waals surface area contributed by atoms with Crippen LogP contribution in [0.15, 0.2) is 48.5 Å². The van der Waals surface area contributed by atoms with Crippen LogP contribution in [-0.4, -0.2) is 0 Å². The molecule has 2 aromatic carbocycles. The quantitative estimate of drug-likeness (QED) is 0.742. The summed E-state index contributed by atoms with van der Waals surface area (Å²) >= 11 is 5.91. The number of terminal acetylenes is 1. The molecule has 0 atom stereocenters. The maximum atomic E-state index is 5.91. The summed E-state index contributed by atoms with van der Waals surface area (Å²) in [5.74, 6) is 3.22. The Kier molecular flexibility index (Phi) is 3.69. The van der Waals surface area contributed by atoms with E-state index in [-0.39, 0.29) is 0 Å². The standard InChI is InChI=1S/C15H11ClO/c1-2-13-8-9-14(16)10-15(13)17-11-12-6-4-3-5-7-12/h1,3-10H,11H2. The predicted molar refractivity (Wildman–Crippen MR) is 70.2 cm³/mol. The fourth-order valence-corrected chi connectivity index (χ4v) is 1.63. The summed E-state index contributed by atoms with van der Waals surface area (Å²) < 4.78 is 5.67. The van der Waals surface area contributed by atoms with Crippen molar-refractivity contribution >= 4 is 11.6 Å². The van der Waals surface area contributed by atoms with Gasteiger partial charge in [0, 0.05) is 11.1 Å². The zero-order valence-corrected chi connectivity index (χ0v) is 9.95. The molecule has 0 amide bonds. The molecular weight excluding hydrogens is 232 g/mol. The van der Waals surface area contributed by atoms with Gasteiger partial charge in [-0.25, -0.2) is 0 Å². The number of ether oxygens (including phenoxy) is 1. The SMILES string of the molecule is C#Cc1ccc(Cl)cc1OCc1ccccc1. The van der Waals surface area contributed by atoms with Gasteiger partial charge in [-0.3, -0.25) is 0 Å². The Bertz CT molecular complexity index is 541. The highest BCUT2D eigenvalue weighted by Gasteiger charge is 2.02. The minimum atomic E-state index is 0.482. The van der Waals surface area contributed by atoms with E-state index in [2.05, 4.69) is 5.92 Å². The number of hydrogen-bond acceptors (Lipinski definition) is 1. The van der Waals surface area contributed by atoms with Gasteiger partial charge >= 0.3 is 0 Å². The third-order valence-electron chi connectivity index (χ3n) is 2.34. The minimum absolute atomic E-state index is 0.482. The lowest BCUT2D eigenvalue weighted by atomic mass is 10.2. The molecule has 2 heteroatoms.